The predicted octanol–water partition coefficient (Wildman–Crippen LogP) is 2.11. The van der Waals surface area contributed by atoms with Crippen molar-refractivity contribution in [3.63, 3.8) is 0 Å². The molecule has 0 spiro atoms. The van der Waals surface area contributed by atoms with Gasteiger partial charge < -0.3 is 5.32 Å². The van der Waals surface area contributed by atoms with Crippen LogP contribution in [0, 0.1) is 0 Å². The van der Waals surface area contributed by atoms with Gasteiger partial charge in [0, 0.05) is 17.6 Å². The van der Waals surface area contributed by atoms with Gasteiger partial charge in [-0.1, -0.05) is 37.3 Å². The summed E-state index contributed by atoms with van der Waals surface area (Å²) in [6.07, 6.45) is 2.07. The lowest BCUT2D eigenvalue weighted by Gasteiger charge is -2.25. The molecule has 1 atom stereocenters. The van der Waals surface area contributed by atoms with Gasteiger partial charge in [0.25, 0.3) is 11.5 Å². The molecule has 132 valence electrons. The van der Waals surface area contributed by atoms with Crippen molar-refractivity contribution < 1.29 is 9.59 Å². The summed E-state index contributed by atoms with van der Waals surface area (Å²) >= 11 is 1.32. The fourth-order valence-electron chi connectivity index (χ4n) is 3.26. The Balaban J connectivity index is 1.70. The lowest BCUT2D eigenvalue weighted by atomic mass is 9.87. The Morgan fingerprint density at radius 2 is 1.96 bits per heavy atom. The van der Waals surface area contributed by atoms with E-state index in [4.69, 9.17) is 0 Å². The second-order valence-corrected chi connectivity index (χ2v) is 6.96. The number of thiazole rings is 1. The highest BCUT2D eigenvalue weighted by molar-refractivity contribution is 7.15. The topological polar surface area (TPSA) is 83.8 Å². The van der Waals surface area contributed by atoms with Crippen LogP contribution >= 0.6 is 11.3 Å². The number of urea groups is 1. The van der Waals surface area contributed by atoms with Crippen LogP contribution in [0.3, 0.4) is 0 Å². The molecule has 3 amide bonds. The van der Waals surface area contributed by atoms with E-state index in [0.717, 1.165) is 10.5 Å². The van der Waals surface area contributed by atoms with Crippen LogP contribution in [-0.2, 0) is 16.9 Å². The summed E-state index contributed by atoms with van der Waals surface area (Å²) in [6, 6.07) is 10.1. The maximum Gasteiger partial charge on any atom is 0.325 e. The van der Waals surface area contributed by atoms with Gasteiger partial charge in [0.2, 0.25) is 0 Å². The number of imide groups is 1. The van der Waals surface area contributed by atoms with Crippen molar-refractivity contribution >= 4 is 28.2 Å². The number of hydrogen-bond donors (Lipinski definition) is 1. The van der Waals surface area contributed by atoms with Gasteiger partial charge in [-0.25, -0.2) is 9.78 Å². The first kappa shape index (κ1) is 16.5. The second kappa shape index (κ2) is 6.06. The summed E-state index contributed by atoms with van der Waals surface area (Å²) < 4.78 is 1.43. The second-order valence-electron chi connectivity index (χ2n) is 6.09. The smallest absolute Gasteiger partial charge is 0.319 e. The highest BCUT2D eigenvalue weighted by atomic mass is 32.1. The minimum atomic E-state index is -1.08. The number of nitrogens with one attached hydrogen (secondary N) is 1. The van der Waals surface area contributed by atoms with Crippen LogP contribution in [0.1, 0.15) is 24.6 Å². The van der Waals surface area contributed by atoms with Crippen LogP contribution in [0.15, 0.2) is 52.8 Å². The molecule has 26 heavy (non-hydrogen) atoms. The third kappa shape index (κ3) is 2.41. The van der Waals surface area contributed by atoms with E-state index in [-0.39, 0.29) is 18.0 Å². The number of fused-ring (bicyclic) bond motifs is 1. The zero-order valence-corrected chi connectivity index (χ0v) is 14.8. The molecular weight excluding hydrogens is 352 g/mol. The number of aromatic nitrogens is 2. The van der Waals surface area contributed by atoms with Gasteiger partial charge in [-0.05, 0) is 12.0 Å². The molecule has 2 aromatic heterocycles. The molecule has 0 bridgehead atoms. The van der Waals surface area contributed by atoms with Crippen LogP contribution in [0.4, 0.5) is 4.79 Å². The van der Waals surface area contributed by atoms with E-state index in [2.05, 4.69) is 10.3 Å². The minimum absolute atomic E-state index is 0.0388. The number of nitrogens with zero attached hydrogens (tertiary/aromatic N) is 3. The zero-order valence-electron chi connectivity index (χ0n) is 14.0. The van der Waals surface area contributed by atoms with E-state index < -0.39 is 11.6 Å². The molecule has 1 aliphatic heterocycles. The van der Waals surface area contributed by atoms with Gasteiger partial charge in [0.1, 0.15) is 5.54 Å². The molecule has 0 aliphatic carbocycles. The Hall–Kier alpha value is -3.00. The molecule has 1 N–H and O–H groups in total. The maximum atomic E-state index is 13.1. The zero-order chi connectivity index (χ0) is 18.3. The summed E-state index contributed by atoms with van der Waals surface area (Å²) in [5, 5.41) is 4.59. The van der Waals surface area contributed by atoms with Gasteiger partial charge in [-0.3, -0.25) is 18.9 Å². The molecule has 3 aromatic rings. The molecule has 0 radical (unpaired) electrons. The maximum absolute atomic E-state index is 13.1. The number of benzene rings is 1. The summed E-state index contributed by atoms with van der Waals surface area (Å²) in [6.45, 7) is 1.82. The van der Waals surface area contributed by atoms with Crippen molar-refractivity contribution in [1.82, 2.24) is 19.6 Å². The van der Waals surface area contributed by atoms with Crippen molar-refractivity contribution in [2.75, 3.05) is 0 Å². The first-order chi connectivity index (χ1) is 12.5. The third-order valence-corrected chi connectivity index (χ3v) is 5.41. The molecule has 1 fully saturated rings. The first-order valence-corrected chi connectivity index (χ1v) is 9.08. The molecule has 0 unspecified atom stereocenters. The molecule has 1 aliphatic rings. The number of carbonyl (C=O) groups is 2. The Morgan fingerprint density at radius 1 is 1.19 bits per heavy atom. The van der Waals surface area contributed by atoms with E-state index in [1.807, 2.05) is 37.3 Å². The summed E-state index contributed by atoms with van der Waals surface area (Å²) in [4.78, 5) is 43.8. The molecule has 1 saturated heterocycles. The van der Waals surface area contributed by atoms with Gasteiger partial charge in [-0.15, -0.1) is 11.3 Å². The van der Waals surface area contributed by atoms with E-state index >= 15 is 0 Å². The van der Waals surface area contributed by atoms with Crippen LogP contribution < -0.4 is 10.9 Å². The van der Waals surface area contributed by atoms with E-state index in [9.17, 15) is 14.4 Å². The number of rotatable bonds is 4. The average molecular weight is 368 g/mol. The first-order valence-electron chi connectivity index (χ1n) is 8.20. The molecule has 7 nitrogen and oxygen atoms in total. The standard InChI is InChI=1S/C18H16N4O3S/c1-2-18(12-6-4-3-5-7-12)15(24)22(16(25)20-18)11-13-10-14(23)21-8-9-26-17(21)19-13/h3-10H,2,11H2,1H3,(H,20,25)/t18-/m1/s1. The number of carbonyl (C=O) groups excluding carboxylic acids is 2. The highest BCUT2D eigenvalue weighted by Gasteiger charge is 2.51. The van der Waals surface area contributed by atoms with E-state index in [1.165, 1.54) is 21.8 Å². The van der Waals surface area contributed by atoms with Gasteiger partial charge in [0.15, 0.2) is 4.96 Å². The quantitative estimate of drug-likeness (QED) is 0.715. The molecule has 3 heterocycles. The summed E-state index contributed by atoms with van der Waals surface area (Å²) in [7, 11) is 0. The molecule has 1 aromatic carbocycles. The van der Waals surface area contributed by atoms with Crippen LogP contribution in [0.5, 0.6) is 0 Å². The van der Waals surface area contributed by atoms with E-state index in [1.54, 1.807) is 11.6 Å². The van der Waals surface area contributed by atoms with Crippen LogP contribution in [0.2, 0.25) is 0 Å². The van der Waals surface area contributed by atoms with Gasteiger partial charge in [0.05, 0.1) is 12.2 Å². The fourth-order valence-corrected chi connectivity index (χ4v) is 4.00. The van der Waals surface area contributed by atoms with Gasteiger partial charge in [-0.2, -0.15) is 0 Å². The molecule has 8 heteroatoms. The average Bonchev–Trinajstić information content (AvgIpc) is 3.21. The Morgan fingerprint density at radius 3 is 2.69 bits per heavy atom. The largest absolute Gasteiger partial charge is 0.325 e. The van der Waals surface area contributed by atoms with Crippen molar-refractivity contribution in [3.8, 4) is 0 Å². The van der Waals surface area contributed by atoms with Crippen molar-refractivity contribution in [2.45, 2.75) is 25.4 Å². The monoisotopic (exact) mass is 368 g/mol. The normalized spacial score (nSPS) is 20.0. The van der Waals surface area contributed by atoms with Gasteiger partial charge >= 0.3 is 6.03 Å². The van der Waals surface area contributed by atoms with Crippen molar-refractivity contribution in [2.24, 2.45) is 0 Å². The predicted molar refractivity (Wildman–Crippen MR) is 96.8 cm³/mol. The van der Waals surface area contributed by atoms with Crippen LogP contribution in [-0.4, -0.2) is 26.2 Å². The SMILES string of the molecule is CC[C@]1(c2ccccc2)NC(=O)N(Cc2cc(=O)n3ccsc3n2)C1=O. The fraction of sp³-hybridized carbons (Fsp3) is 0.222. The summed E-state index contributed by atoms with van der Waals surface area (Å²) in [5.41, 5.74) is -0.186. The van der Waals surface area contributed by atoms with Crippen molar-refractivity contribution in [3.05, 3.63) is 69.6 Å². The lowest BCUT2D eigenvalue weighted by molar-refractivity contribution is -0.132. The third-order valence-electron chi connectivity index (χ3n) is 4.65. The number of hydrogen-bond acceptors (Lipinski definition) is 5. The van der Waals surface area contributed by atoms with Crippen LogP contribution in [0.25, 0.3) is 4.96 Å². The molecule has 0 saturated carbocycles. The lowest BCUT2D eigenvalue weighted by Crippen LogP contribution is -2.43. The highest BCUT2D eigenvalue weighted by Crippen LogP contribution is 2.32. The minimum Gasteiger partial charge on any atom is -0.319 e. The number of amides is 3. The van der Waals surface area contributed by atoms with Crippen molar-refractivity contribution in [1.29, 1.82) is 0 Å². The Bertz CT molecular complexity index is 1060. The Labute approximate surface area is 152 Å². The molecule has 4 rings (SSSR count). The Kier molecular flexibility index (Phi) is 3.84. The summed E-state index contributed by atoms with van der Waals surface area (Å²) in [5.74, 6) is -0.329. The molecular formula is C18H16N4O3S. The van der Waals surface area contributed by atoms with E-state index in [0.29, 0.717) is 17.1 Å².